The van der Waals surface area contributed by atoms with E-state index in [1.807, 2.05) is 19.1 Å². The summed E-state index contributed by atoms with van der Waals surface area (Å²) < 4.78 is 10.7. The topological polar surface area (TPSA) is 122 Å². The molecule has 2 aliphatic rings. The van der Waals surface area contributed by atoms with Crippen LogP contribution >= 0.6 is 0 Å². The Morgan fingerprint density at radius 2 is 1.72 bits per heavy atom. The number of aryl methyl sites for hydroxylation is 1. The summed E-state index contributed by atoms with van der Waals surface area (Å²) in [7, 11) is 0. The van der Waals surface area contributed by atoms with E-state index in [-0.39, 0.29) is 17.9 Å². The number of aliphatic hydroxyl groups excluding tert-OH is 1. The van der Waals surface area contributed by atoms with Gasteiger partial charge in [0.2, 0.25) is 0 Å². The molecular formula is C27H31N3O6. The molecule has 0 aliphatic carbocycles. The Bertz CT molecular complexity index is 1140. The molecule has 3 N–H and O–H groups in total. The van der Waals surface area contributed by atoms with E-state index in [4.69, 9.17) is 15.2 Å². The van der Waals surface area contributed by atoms with Crippen molar-refractivity contribution in [2.24, 2.45) is 5.73 Å². The number of nitrogens with zero attached hydrogens (tertiary/aromatic N) is 2. The molecule has 2 aromatic rings. The summed E-state index contributed by atoms with van der Waals surface area (Å²) in [5, 5.41) is 11.2. The molecule has 2 aliphatic heterocycles. The minimum Gasteiger partial charge on any atom is -0.507 e. The van der Waals surface area contributed by atoms with Crippen molar-refractivity contribution in [2.75, 3.05) is 46.0 Å². The van der Waals surface area contributed by atoms with E-state index in [2.05, 4.69) is 4.90 Å². The molecule has 36 heavy (non-hydrogen) atoms. The van der Waals surface area contributed by atoms with Gasteiger partial charge in [-0.15, -0.1) is 0 Å². The molecular weight excluding hydrogens is 462 g/mol. The number of aliphatic hydroxyl groups is 1. The van der Waals surface area contributed by atoms with Crippen molar-refractivity contribution in [2.45, 2.75) is 19.4 Å². The third kappa shape index (κ3) is 5.75. The van der Waals surface area contributed by atoms with Crippen LogP contribution in [0.3, 0.4) is 0 Å². The van der Waals surface area contributed by atoms with Gasteiger partial charge in [-0.1, -0.05) is 42.0 Å². The minimum atomic E-state index is -0.749. The van der Waals surface area contributed by atoms with Gasteiger partial charge in [-0.2, -0.15) is 0 Å². The van der Waals surface area contributed by atoms with Crippen molar-refractivity contribution in [1.82, 2.24) is 9.80 Å². The van der Waals surface area contributed by atoms with Crippen LogP contribution in [0.25, 0.3) is 5.76 Å². The van der Waals surface area contributed by atoms with E-state index in [0.29, 0.717) is 43.1 Å². The summed E-state index contributed by atoms with van der Waals surface area (Å²) in [6, 6.07) is 13.1. The second kappa shape index (κ2) is 11.4. The molecule has 190 valence electrons. The Morgan fingerprint density at radius 1 is 1.06 bits per heavy atom. The van der Waals surface area contributed by atoms with Crippen LogP contribution in [0.15, 0.2) is 54.1 Å². The van der Waals surface area contributed by atoms with E-state index in [1.54, 1.807) is 36.4 Å². The third-order valence-electron chi connectivity index (χ3n) is 6.42. The van der Waals surface area contributed by atoms with E-state index >= 15 is 0 Å². The molecule has 0 spiro atoms. The zero-order valence-corrected chi connectivity index (χ0v) is 20.3. The lowest BCUT2D eigenvalue weighted by Gasteiger charge is -2.29. The van der Waals surface area contributed by atoms with Gasteiger partial charge in [-0.25, -0.2) is 0 Å². The Labute approximate surface area is 210 Å². The number of Topliss-reactive ketones (excluding diaryl/α,β-unsaturated/α-hetero) is 1. The molecule has 0 radical (unpaired) electrons. The average Bonchev–Trinajstić information content (AvgIpc) is 3.13. The van der Waals surface area contributed by atoms with Gasteiger partial charge in [0.05, 0.1) is 24.8 Å². The SMILES string of the molecule is Cc1ccc(/C(O)=C2\C(=O)C(=O)N(CCCN3CCOCC3)C2c2ccc(OCC(N)=O)cc2)cc1. The number of amides is 2. The molecule has 4 rings (SSSR count). The largest absolute Gasteiger partial charge is 0.507 e. The van der Waals surface area contributed by atoms with Gasteiger partial charge in [0.1, 0.15) is 11.5 Å². The van der Waals surface area contributed by atoms with Crippen molar-refractivity contribution >= 4 is 23.4 Å². The third-order valence-corrected chi connectivity index (χ3v) is 6.42. The van der Waals surface area contributed by atoms with E-state index < -0.39 is 23.6 Å². The molecule has 1 unspecified atom stereocenters. The van der Waals surface area contributed by atoms with Crippen molar-refractivity contribution in [3.63, 3.8) is 0 Å². The number of carbonyl (C=O) groups is 3. The molecule has 2 saturated heterocycles. The van der Waals surface area contributed by atoms with Gasteiger partial charge in [0.15, 0.2) is 6.61 Å². The highest BCUT2D eigenvalue weighted by Crippen LogP contribution is 2.40. The van der Waals surface area contributed by atoms with Gasteiger partial charge in [-0.3, -0.25) is 19.3 Å². The van der Waals surface area contributed by atoms with E-state index in [1.165, 1.54) is 4.90 Å². The predicted molar refractivity (Wildman–Crippen MR) is 133 cm³/mol. The summed E-state index contributed by atoms with van der Waals surface area (Å²) in [6.45, 7) is 5.85. The summed E-state index contributed by atoms with van der Waals surface area (Å²) >= 11 is 0. The van der Waals surface area contributed by atoms with E-state index in [9.17, 15) is 19.5 Å². The van der Waals surface area contributed by atoms with Crippen LogP contribution in [0, 0.1) is 6.92 Å². The maximum Gasteiger partial charge on any atom is 0.295 e. The standard InChI is InChI=1S/C27H31N3O6/c1-18-3-5-20(6-4-18)25(32)23-24(19-7-9-21(10-8-19)36-17-22(28)31)30(27(34)26(23)33)12-2-11-29-13-15-35-16-14-29/h3-10,24,32H,2,11-17H2,1H3,(H2,28,31)/b25-23+. The zero-order chi connectivity index (χ0) is 25.7. The van der Waals surface area contributed by atoms with Crippen molar-refractivity contribution in [3.05, 3.63) is 70.8 Å². The van der Waals surface area contributed by atoms with Crippen LogP contribution in [0.4, 0.5) is 0 Å². The fourth-order valence-corrected chi connectivity index (χ4v) is 4.51. The summed E-state index contributed by atoms with van der Waals surface area (Å²) in [5.74, 6) is -1.71. The lowest BCUT2D eigenvalue weighted by Crippen LogP contribution is -2.38. The first kappa shape index (κ1) is 25.4. The Balaban J connectivity index is 1.64. The molecule has 2 amide bonds. The highest BCUT2D eigenvalue weighted by Gasteiger charge is 2.45. The number of rotatable bonds is 9. The smallest absolute Gasteiger partial charge is 0.295 e. The van der Waals surface area contributed by atoms with Crippen molar-refractivity contribution in [1.29, 1.82) is 0 Å². The fraction of sp³-hybridized carbons (Fsp3) is 0.370. The van der Waals surface area contributed by atoms with Crippen LogP contribution < -0.4 is 10.5 Å². The van der Waals surface area contributed by atoms with Gasteiger partial charge in [0, 0.05) is 31.7 Å². The first-order valence-corrected chi connectivity index (χ1v) is 12.0. The lowest BCUT2D eigenvalue weighted by molar-refractivity contribution is -0.140. The normalized spacial score (nSPS) is 20.0. The number of morpholine rings is 1. The lowest BCUT2D eigenvalue weighted by atomic mass is 9.95. The number of primary amides is 1. The first-order chi connectivity index (χ1) is 17.3. The molecule has 2 heterocycles. The van der Waals surface area contributed by atoms with E-state index in [0.717, 1.165) is 25.2 Å². The number of ether oxygens (including phenoxy) is 2. The molecule has 0 aromatic heterocycles. The number of likely N-dealkylation sites (tertiary alicyclic amines) is 1. The number of benzene rings is 2. The molecule has 9 nitrogen and oxygen atoms in total. The van der Waals surface area contributed by atoms with Crippen LogP contribution in [0.5, 0.6) is 5.75 Å². The number of nitrogens with two attached hydrogens (primary N) is 1. The second-order valence-corrected chi connectivity index (χ2v) is 8.99. The fourth-order valence-electron chi connectivity index (χ4n) is 4.51. The molecule has 0 saturated carbocycles. The summed E-state index contributed by atoms with van der Waals surface area (Å²) in [5.41, 5.74) is 7.34. The highest BCUT2D eigenvalue weighted by molar-refractivity contribution is 6.46. The average molecular weight is 494 g/mol. The zero-order valence-electron chi connectivity index (χ0n) is 20.3. The monoisotopic (exact) mass is 493 g/mol. The molecule has 2 aromatic carbocycles. The van der Waals surface area contributed by atoms with Crippen LogP contribution in [0.2, 0.25) is 0 Å². The molecule has 0 bridgehead atoms. The van der Waals surface area contributed by atoms with Crippen LogP contribution in [-0.2, 0) is 19.1 Å². The van der Waals surface area contributed by atoms with Crippen LogP contribution in [0.1, 0.15) is 29.2 Å². The van der Waals surface area contributed by atoms with Crippen LogP contribution in [-0.4, -0.2) is 78.5 Å². The second-order valence-electron chi connectivity index (χ2n) is 8.99. The number of ketones is 1. The van der Waals surface area contributed by atoms with Gasteiger partial charge < -0.3 is 25.2 Å². The number of carbonyl (C=O) groups excluding carboxylic acids is 3. The summed E-state index contributed by atoms with van der Waals surface area (Å²) in [4.78, 5) is 41.1. The van der Waals surface area contributed by atoms with Crippen molar-refractivity contribution < 1.29 is 29.0 Å². The minimum absolute atomic E-state index is 0.0565. The Kier molecular flexibility index (Phi) is 8.02. The quantitative estimate of drug-likeness (QED) is 0.311. The van der Waals surface area contributed by atoms with Gasteiger partial charge in [-0.05, 0) is 31.0 Å². The predicted octanol–water partition coefficient (Wildman–Crippen LogP) is 2.00. The maximum absolute atomic E-state index is 13.2. The first-order valence-electron chi connectivity index (χ1n) is 12.0. The maximum atomic E-state index is 13.2. The van der Waals surface area contributed by atoms with Gasteiger partial charge >= 0.3 is 0 Å². The highest BCUT2D eigenvalue weighted by atomic mass is 16.5. The molecule has 2 fully saturated rings. The van der Waals surface area contributed by atoms with Gasteiger partial charge in [0.25, 0.3) is 17.6 Å². The van der Waals surface area contributed by atoms with Crippen molar-refractivity contribution in [3.8, 4) is 5.75 Å². The summed E-state index contributed by atoms with van der Waals surface area (Å²) in [6.07, 6.45) is 0.675. The number of hydrogen-bond acceptors (Lipinski definition) is 7. The molecule has 1 atom stereocenters. The Morgan fingerprint density at radius 3 is 2.36 bits per heavy atom. The number of hydrogen-bond donors (Lipinski definition) is 2. The molecule has 9 heteroatoms. The Hall–Kier alpha value is -3.69.